The molecule has 3 aromatic carbocycles. The molecule has 0 saturated carbocycles. The Labute approximate surface area is 173 Å². The molecule has 3 amide bonds. The maximum atomic E-state index is 12.9. The van der Waals surface area contributed by atoms with Crippen LogP contribution >= 0.6 is 0 Å². The van der Waals surface area contributed by atoms with E-state index in [1.165, 1.54) is 17.0 Å². The number of nitrogens with one attached hydrogen (secondary N) is 1. The standard InChI is InChI=1S/C24H21FN2O3/c25-18-11-9-16(10-12-18)13-14-26-21(28)8-3-15-27-23(29)19-6-1-4-17-5-2-7-20(22(17)19)24(27)30/h1-2,4-7,9-12H,3,8,13-15H2,(H,26,28). The summed E-state index contributed by atoms with van der Waals surface area (Å²) >= 11 is 0. The highest BCUT2D eigenvalue weighted by Crippen LogP contribution is 2.30. The van der Waals surface area contributed by atoms with Gasteiger partial charge in [0.25, 0.3) is 11.8 Å². The molecule has 0 aromatic heterocycles. The number of nitrogens with zero attached hydrogens (tertiary/aromatic N) is 1. The van der Waals surface area contributed by atoms with E-state index in [1.807, 2.05) is 24.3 Å². The van der Waals surface area contributed by atoms with Crippen molar-refractivity contribution in [2.45, 2.75) is 19.3 Å². The Balaban J connectivity index is 1.31. The predicted molar refractivity (Wildman–Crippen MR) is 112 cm³/mol. The van der Waals surface area contributed by atoms with E-state index in [0.717, 1.165) is 10.9 Å². The van der Waals surface area contributed by atoms with E-state index >= 15 is 0 Å². The van der Waals surface area contributed by atoms with Gasteiger partial charge in [0.1, 0.15) is 5.82 Å². The third-order valence-corrected chi connectivity index (χ3v) is 5.29. The van der Waals surface area contributed by atoms with Gasteiger partial charge in [0.2, 0.25) is 5.91 Å². The van der Waals surface area contributed by atoms with Crippen LogP contribution in [0, 0.1) is 5.82 Å². The van der Waals surface area contributed by atoms with Gasteiger partial charge < -0.3 is 5.32 Å². The molecule has 0 spiro atoms. The van der Waals surface area contributed by atoms with Crippen LogP contribution in [0.5, 0.6) is 0 Å². The average Bonchev–Trinajstić information content (AvgIpc) is 2.75. The predicted octanol–water partition coefficient (Wildman–Crippen LogP) is 3.71. The minimum atomic E-state index is -0.319. The van der Waals surface area contributed by atoms with Crippen LogP contribution in [0.1, 0.15) is 39.1 Å². The van der Waals surface area contributed by atoms with Crippen molar-refractivity contribution in [3.8, 4) is 0 Å². The van der Waals surface area contributed by atoms with E-state index in [1.54, 1.807) is 24.3 Å². The number of rotatable bonds is 7. The van der Waals surface area contributed by atoms with Gasteiger partial charge in [-0.25, -0.2) is 4.39 Å². The van der Waals surface area contributed by atoms with Crippen LogP contribution < -0.4 is 5.32 Å². The van der Waals surface area contributed by atoms with Crippen molar-refractivity contribution in [1.82, 2.24) is 10.2 Å². The molecular formula is C24H21FN2O3. The van der Waals surface area contributed by atoms with Crippen molar-refractivity contribution in [2.75, 3.05) is 13.1 Å². The first-order valence-corrected chi connectivity index (χ1v) is 9.93. The van der Waals surface area contributed by atoms with Crippen LogP contribution in [-0.2, 0) is 11.2 Å². The second-order valence-electron chi connectivity index (χ2n) is 7.30. The average molecular weight is 404 g/mol. The lowest BCUT2D eigenvalue weighted by Crippen LogP contribution is -2.41. The van der Waals surface area contributed by atoms with Gasteiger partial charge in [-0.05, 0) is 48.1 Å². The quantitative estimate of drug-likeness (QED) is 0.611. The summed E-state index contributed by atoms with van der Waals surface area (Å²) in [6.07, 6.45) is 1.21. The summed E-state index contributed by atoms with van der Waals surface area (Å²) in [4.78, 5) is 39.0. The zero-order valence-corrected chi connectivity index (χ0v) is 16.4. The fraction of sp³-hybridized carbons (Fsp3) is 0.208. The van der Waals surface area contributed by atoms with Crippen LogP contribution in [0.4, 0.5) is 4.39 Å². The zero-order valence-electron chi connectivity index (χ0n) is 16.4. The lowest BCUT2D eigenvalue weighted by molar-refractivity contribution is -0.121. The van der Waals surface area contributed by atoms with Crippen molar-refractivity contribution < 1.29 is 18.8 Å². The first kappa shape index (κ1) is 19.8. The number of carbonyl (C=O) groups excluding carboxylic acids is 3. The summed E-state index contributed by atoms with van der Waals surface area (Å²) in [5.41, 5.74) is 1.98. The van der Waals surface area contributed by atoms with Crippen molar-refractivity contribution in [3.05, 3.63) is 83.2 Å². The number of benzene rings is 3. The summed E-state index contributed by atoms with van der Waals surface area (Å²) in [5.74, 6) is -1.07. The molecule has 30 heavy (non-hydrogen) atoms. The number of carbonyl (C=O) groups is 3. The van der Waals surface area contributed by atoms with Crippen molar-refractivity contribution in [2.24, 2.45) is 0 Å². The molecule has 3 aromatic rings. The highest BCUT2D eigenvalue weighted by molar-refractivity contribution is 6.25. The Kier molecular flexibility index (Phi) is 5.57. The molecule has 1 aliphatic rings. The lowest BCUT2D eigenvalue weighted by Gasteiger charge is -2.27. The maximum absolute atomic E-state index is 12.9. The van der Waals surface area contributed by atoms with Gasteiger partial charge in [-0.1, -0.05) is 36.4 Å². The first-order chi connectivity index (χ1) is 14.5. The maximum Gasteiger partial charge on any atom is 0.261 e. The minimum absolute atomic E-state index is 0.142. The normalized spacial score (nSPS) is 13.0. The van der Waals surface area contributed by atoms with Crippen LogP contribution in [0.15, 0.2) is 60.7 Å². The van der Waals surface area contributed by atoms with Gasteiger partial charge in [-0.3, -0.25) is 19.3 Å². The molecule has 152 valence electrons. The third kappa shape index (κ3) is 3.94. The molecular weight excluding hydrogens is 383 g/mol. The molecule has 1 heterocycles. The smallest absolute Gasteiger partial charge is 0.261 e. The van der Waals surface area contributed by atoms with Crippen LogP contribution in [0.25, 0.3) is 10.8 Å². The number of hydrogen-bond donors (Lipinski definition) is 1. The molecule has 0 bridgehead atoms. The van der Waals surface area contributed by atoms with Gasteiger partial charge in [-0.15, -0.1) is 0 Å². The highest BCUT2D eigenvalue weighted by atomic mass is 19.1. The van der Waals surface area contributed by atoms with Crippen LogP contribution in [0.3, 0.4) is 0 Å². The lowest BCUT2D eigenvalue weighted by atomic mass is 9.94. The third-order valence-electron chi connectivity index (χ3n) is 5.29. The van der Waals surface area contributed by atoms with Gasteiger partial charge in [-0.2, -0.15) is 0 Å². The molecule has 0 aliphatic carbocycles. The molecule has 1 N–H and O–H groups in total. The molecule has 0 saturated heterocycles. The molecule has 1 aliphatic heterocycles. The minimum Gasteiger partial charge on any atom is -0.356 e. The molecule has 0 radical (unpaired) electrons. The molecule has 4 rings (SSSR count). The highest BCUT2D eigenvalue weighted by Gasteiger charge is 2.32. The first-order valence-electron chi connectivity index (χ1n) is 9.93. The zero-order chi connectivity index (χ0) is 21.1. The van der Waals surface area contributed by atoms with Gasteiger partial charge >= 0.3 is 0 Å². The largest absolute Gasteiger partial charge is 0.356 e. The molecule has 5 nitrogen and oxygen atoms in total. The SMILES string of the molecule is O=C(CCCN1C(=O)c2cccc3cccc(c23)C1=O)NCCc1ccc(F)cc1. The van der Waals surface area contributed by atoms with Crippen LogP contribution in [0.2, 0.25) is 0 Å². The van der Waals surface area contributed by atoms with E-state index in [2.05, 4.69) is 5.32 Å². The van der Waals surface area contributed by atoms with E-state index in [4.69, 9.17) is 0 Å². The second kappa shape index (κ2) is 8.45. The van der Waals surface area contributed by atoms with Crippen LogP contribution in [-0.4, -0.2) is 35.7 Å². The van der Waals surface area contributed by atoms with E-state index in [-0.39, 0.29) is 36.5 Å². The fourth-order valence-corrected chi connectivity index (χ4v) is 3.77. The Hall–Kier alpha value is -3.54. The van der Waals surface area contributed by atoms with Crippen molar-refractivity contribution in [1.29, 1.82) is 0 Å². The molecule has 0 atom stereocenters. The molecule has 6 heteroatoms. The summed E-state index contributed by atoms with van der Waals surface area (Å²) in [6.45, 7) is 0.634. The molecule has 0 fully saturated rings. The number of halogens is 1. The summed E-state index contributed by atoms with van der Waals surface area (Å²) in [5, 5.41) is 4.38. The monoisotopic (exact) mass is 404 g/mol. The van der Waals surface area contributed by atoms with Crippen molar-refractivity contribution >= 4 is 28.5 Å². The number of amides is 3. The number of imide groups is 1. The van der Waals surface area contributed by atoms with E-state index in [0.29, 0.717) is 35.9 Å². The summed E-state index contributed by atoms with van der Waals surface area (Å²) in [7, 11) is 0. The Bertz CT molecular complexity index is 1070. The molecule has 0 unspecified atom stereocenters. The fourth-order valence-electron chi connectivity index (χ4n) is 3.77. The Morgan fingerprint density at radius 3 is 2.17 bits per heavy atom. The van der Waals surface area contributed by atoms with Gasteiger partial charge in [0.05, 0.1) is 0 Å². The van der Waals surface area contributed by atoms with Crippen molar-refractivity contribution in [3.63, 3.8) is 0 Å². The van der Waals surface area contributed by atoms with E-state index in [9.17, 15) is 18.8 Å². The topological polar surface area (TPSA) is 66.5 Å². The van der Waals surface area contributed by atoms with Gasteiger partial charge in [0.15, 0.2) is 0 Å². The van der Waals surface area contributed by atoms with E-state index < -0.39 is 0 Å². The van der Waals surface area contributed by atoms with Gasteiger partial charge in [0, 0.05) is 36.0 Å². The Morgan fingerprint density at radius 1 is 0.900 bits per heavy atom. The Morgan fingerprint density at radius 2 is 1.53 bits per heavy atom. The number of hydrogen-bond acceptors (Lipinski definition) is 3. The summed E-state index contributed by atoms with van der Waals surface area (Å²) in [6, 6.07) is 17.0. The summed E-state index contributed by atoms with van der Waals surface area (Å²) < 4.78 is 12.9. The second-order valence-corrected chi connectivity index (χ2v) is 7.30.